The van der Waals surface area contributed by atoms with Crippen molar-refractivity contribution in [2.24, 2.45) is 5.73 Å². The van der Waals surface area contributed by atoms with Gasteiger partial charge in [0.05, 0.1) is 10.7 Å². The highest BCUT2D eigenvalue weighted by Crippen LogP contribution is 2.27. The summed E-state index contributed by atoms with van der Waals surface area (Å²) in [6.07, 6.45) is 4.39. The number of hydrogen-bond acceptors (Lipinski definition) is 2. The lowest BCUT2D eigenvalue weighted by Gasteiger charge is -2.15. The molecule has 15 heavy (non-hydrogen) atoms. The Hall–Kier alpha value is -1.41. The molecule has 2 rings (SSSR count). The third-order valence-corrected chi connectivity index (χ3v) is 2.37. The van der Waals surface area contributed by atoms with E-state index in [1.165, 1.54) is 0 Å². The molecule has 2 N–H and O–H groups in total. The topological polar surface area (TPSA) is 35.2 Å². The molecule has 0 fully saturated rings. The Balaban J connectivity index is 2.22. The van der Waals surface area contributed by atoms with Crippen LogP contribution < -0.4 is 10.5 Å². The van der Waals surface area contributed by atoms with Gasteiger partial charge in [-0.05, 0) is 25.0 Å². The molecule has 0 saturated heterocycles. The molecule has 1 aliphatic carbocycles. The van der Waals surface area contributed by atoms with Crippen LogP contribution in [0.3, 0.4) is 0 Å². The maximum atomic E-state index is 5.99. The molecule has 0 atom stereocenters. The molecule has 0 unspecified atom stereocenters. The molecule has 1 aromatic rings. The van der Waals surface area contributed by atoms with Crippen LogP contribution in [0.1, 0.15) is 6.42 Å². The largest absolute Gasteiger partial charge is 0.454 e. The lowest BCUT2D eigenvalue weighted by atomic mass is 10.1. The van der Waals surface area contributed by atoms with Crippen molar-refractivity contribution in [1.29, 1.82) is 0 Å². The number of rotatable bonds is 2. The quantitative estimate of drug-likeness (QED) is 0.832. The van der Waals surface area contributed by atoms with E-state index in [9.17, 15) is 0 Å². The second-order valence-electron chi connectivity index (χ2n) is 3.22. The zero-order valence-corrected chi connectivity index (χ0v) is 8.87. The third-order valence-electron chi connectivity index (χ3n) is 2.07. The molecule has 1 aliphatic rings. The Morgan fingerprint density at radius 2 is 1.93 bits per heavy atom. The molecule has 77 valence electrons. The van der Waals surface area contributed by atoms with E-state index in [4.69, 9.17) is 22.1 Å². The van der Waals surface area contributed by atoms with Gasteiger partial charge < -0.3 is 10.5 Å². The monoisotopic (exact) mass is 220 g/mol. The van der Waals surface area contributed by atoms with Crippen molar-refractivity contribution in [1.82, 2.24) is 0 Å². The fourth-order valence-electron chi connectivity index (χ4n) is 1.33. The SMILES string of the molecule is NC1=C(Oc2ccccc2)C(Cl)=C[CH]C1. The van der Waals surface area contributed by atoms with Gasteiger partial charge in [0.1, 0.15) is 5.75 Å². The first-order valence-electron chi connectivity index (χ1n) is 4.68. The fraction of sp³-hybridized carbons (Fsp3) is 0.0833. The zero-order chi connectivity index (χ0) is 10.7. The smallest absolute Gasteiger partial charge is 0.164 e. The highest BCUT2D eigenvalue weighted by Gasteiger charge is 2.14. The molecule has 0 aromatic heterocycles. The van der Waals surface area contributed by atoms with Gasteiger partial charge in [0.2, 0.25) is 0 Å². The molecular formula is C12H11ClNO. The normalized spacial score (nSPS) is 16.2. The first kappa shape index (κ1) is 10.1. The van der Waals surface area contributed by atoms with Crippen molar-refractivity contribution in [3.8, 4) is 5.75 Å². The van der Waals surface area contributed by atoms with Crippen LogP contribution in [0.5, 0.6) is 5.75 Å². The van der Waals surface area contributed by atoms with Gasteiger partial charge in [-0.15, -0.1) is 0 Å². The van der Waals surface area contributed by atoms with E-state index < -0.39 is 0 Å². The average molecular weight is 221 g/mol. The summed E-state index contributed by atoms with van der Waals surface area (Å²) in [4.78, 5) is 0. The van der Waals surface area contributed by atoms with E-state index in [0.29, 0.717) is 22.9 Å². The van der Waals surface area contributed by atoms with Crippen molar-refractivity contribution >= 4 is 11.6 Å². The summed E-state index contributed by atoms with van der Waals surface area (Å²) >= 11 is 5.99. The number of hydrogen-bond donors (Lipinski definition) is 1. The van der Waals surface area contributed by atoms with Gasteiger partial charge in [-0.25, -0.2) is 0 Å². The summed E-state index contributed by atoms with van der Waals surface area (Å²) in [6, 6.07) is 9.46. The first-order valence-corrected chi connectivity index (χ1v) is 5.06. The molecule has 0 amide bonds. The van der Waals surface area contributed by atoms with Crippen molar-refractivity contribution in [2.45, 2.75) is 6.42 Å². The van der Waals surface area contributed by atoms with Crippen LogP contribution in [-0.4, -0.2) is 0 Å². The van der Waals surface area contributed by atoms with Crippen molar-refractivity contribution in [3.05, 3.63) is 59.3 Å². The summed E-state index contributed by atoms with van der Waals surface area (Å²) in [5.41, 5.74) is 6.47. The molecule has 1 radical (unpaired) electrons. The maximum Gasteiger partial charge on any atom is 0.164 e. The number of para-hydroxylation sites is 1. The minimum atomic E-state index is 0.544. The lowest BCUT2D eigenvalue weighted by molar-refractivity contribution is 0.431. The Labute approximate surface area is 94.0 Å². The van der Waals surface area contributed by atoms with E-state index >= 15 is 0 Å². The number of halogens is 1. The second-order valence-corrected chi connectivity index (χ2v) is 3.63. The summed E-state index contributed by atoms with van der Waals surface area (Å²) < 4.78 is 5.61. The summed E-state index contributed by atoms with van der Waals surface area (Å²) in [5, 5.41) is 0.544. The molecule has 1 aromatic carbocycles. The standard InChI is InChI=1S/C12H11ClNO/c13-10-7-4-8-11(14)12(10)15-9-5-2-1-3-6-9/h1-7H,8,14H2. The van der Waals surface area contributed by atoms with E-state index in [0.717, 1.165) is 5.75 Å². The van der Waals surface area contributed by atoms with Crippen LogP contribution >= 0.6 is 11.6 Å². The van der Waals surface area contributed by atoms with Gasteiger partial charge in [0.25, 0.3) is 0 Å². The van der Waals surface area contributed by atoms with Crippen LogP contribution in [-0.2, 0) is 0 Å². The van der Waals surface area contributed by atoms with Gasteiger partial charge >= 0.3 is 0 Å². The van der Waals surface area contributed by atoms with Gasteiger partial charge in [-0.3, -0.25) is 0 Å². The van der Waals surface area contributed by atoms with Gasteiger partial charge in [0.15, 0.2) is 5.76 Å². The van der Waals surface area contributed by atoms with Gasteiger partial charge in [-0.2, -0.15) is 0 Å². The second kappa shape index (κ2) is 4.41. The van der Waals surface area contributed by atoms with Gasteiger partial charge in [0, 0.05) is 0 Å². The zero-order valence-electron chi connectivity index (χ0n) is 8.11. The average Bonchev–Trinajstić information content (AvgIpc) is 2.25. The highest BCUT2D eigenvalue weighted by atomic mass is 35.5. The Morgan fingerprint density at radius 1 is 1.20 bits per heavy atom. The minimum absolute atomic E-state index is 0.544. The molecule has 0 heterocycles. The molecule has 0 aliphatic heterocycles. The van der Waals surface area contributed by atoms with Crippen LogP contribution in [0.15, 0.2) is 52.9 Å². The van der Waals surface area contributed by atoms with Crippen molar-refractivity contribution < 1.29 is 4.74 Å². The Morgan fingerprint density at radius 3 is 2.60 bits per heavy atom. The van der Waals surface area contributed by atoms with Crippen molar-refractivity contribution in [3.63, 3.8) is 0 Å². The van der Waals surface area contributed by atoms with Crippen LogP contribution in [0, 0.1) is 6.42 Å². The van der Waals surface area contributed by atoms with Crippen LogP contribution in [0.25, 0.3) is 0 Å². The molecule has 0 bridgehead atoms. The molecule has 0 spiro atoms. The maximum absolute atomic E-state index is 5.99. The summed E-state index contributed by atoms with van der Waals surface area (Å²) in [5.74, 6) is 1.30. The fourth-order valence-corrected chi connectivity index (χ4v) is 1.58. The van der Waals surface area contributed by atoms with E-state index in [1.807, 2.05) is 36.8 Å². The molecule has 0 saturated carbocycles. The predicted molar refractivity (Wildman–Crippen MR) is 61.1 cm³/mol. The Bertz CT molecular complexity index is 409. The molecular weight excluding hydrogens is 210 g/mol. The first-order chi connectivity index (χ1) is 7.27. The number of ether oxygens (including phenoxy) is 1. The van der Waals surface area contributed by atoms with Crippen LogP contribution in [0.2, 0.25) is 0 Å². The molecule has 2 nitrogen and oxygen atoms in total. The van der Waals surface area contributed by atoms with E-state index in [1.54, 1.807) is 6.08 Å². The van der Waals surface area contributed by atoms with E-state index in [-0.39, 0.29) is 0 Å². The minimum Gasteiger partial charge on any atom is -0.454 e. The highest BCUT2D eigenvalue weighted by molar-refractivity contribution is 6.32. The Kier molecular flexibility index (Phi) is 2.97. The van der Waals surface area contributed by atoms with Gasteiger partial charge in [-0.1, -0.05) is 35.9 Å². The van der Waals surface area contributed by atoms with Crippen molar-refractivity contribution in [2.75, 3.05) is 0 Å². The van der Waals surface area contributed by atoms with Crippen LogP contribution in [0.4, 0.5) is 0 Å². The lowest BCUT2D eigenvalue weighted by Crippen LogP contribution is -2.11. The number of benzene rings is 1. The summed E-state index contributed by atoms with van der Waals surface area (Å²) in [7, 11) is 0. The number of nitrogens with two attached hydrogens (primary N) is 1. The summed E-state index contributed by atoms with van der Waals surface area (Å²) in [6.45, 7) is 0. The van der Waals surface area contributed by atoms with E-state index in [2.05, 4.69) is 0 Å². The molecule has 3 heteroatoms. The predicted octanol–water partition coefficient (Wildman–Crippen LogP) is 2.97. The third kappa shape index (κ3) is 2.34. The number of allylic oxidation sites excluding steroid dienone is 3.